The average Bonchev–Trinajstić information content (AvgIpc) is 2.83. The van der Waals surface area contributed by atoms with Crippen molar-refractivity contribution >= 4 is 5.82 Å². The third-order valence-corrected chi connectivity index (χ3v) is 5.25. The summed E-state index contributed by atoms with van der Waals surface area (Å²) in [7, 11) is 0. The van der Waals surface area contributed by atoms with Gasteiger partial charge >= 0.3 is 0 Å². The zero-order valence-corrected chi connectivity index (χ0v) is 17.5. The first kappa shape index (κ1) is 19.9. The van der Waals surface area contributed by atoms with Crippen LogP contribution in [0.25, 0.3) is 22.4 Å². The highest BCUT2D eigenvalue weighted by atomic mass is 19.1. The number of fused-ring (bicyclic) bond motifs is 1. The van der Waals surface area contributed by atoms with Gasteiger partial charge in [0, 0.05) is 24.0 Å². The number of ether oxygens (including phenoxy) is 2. The van der Waals surface area contributed by atoms with E-state index in [2.05, 4.69) is 20.3 Å². The first-order valence-electron chi connectivity index (χ1n) is 10.3. The first-order chi connectivity index (χ1) is 15.7. The summed E-state index contributed by atoms with van der Waals surface area (Å²) in [6.07, 6.45) is 3.16. The number of aryl methyl sites for hydroxylation is 1. The maximum Gasteiger partial charge on any atom is 0.191 e. The molecule has 0 fully saturated rings. The minimum atomic E-state index is -0.506. The number of hydrogen-bond donors (Lipinski definition) is 1. The Balaban J connectivity index is 1.32. The molecule has 0 saturated heterocycles. The van der Waals surface area contributed by atoms with Crippen LogP contribution in [0.2, 0.25) is 0 Å². The lowest BCUT2D eigenvalue weighted by atomic mass is 10.0. The van der Waals surface area contributed by atoms with Crippen LogP contribution < -0.4 is 14.8 Å². The molecule has 32 heavy (non-hydrogen) atoms. The lowest BCUT2D eigenvalue weighted by Crippen LogP contribution is -2.15. The molecule has 1 aliphatic rings. The van der Waals surface area contributed by atoms with Crippen LogP contribution >= 0.6 is 0 Å². The number of pyridine rings is 1. The molecule has 0 unspecified atom stereocenters. The summed E-state index contributed by atoms with van der Waals surface area (Å²) in [4.78, 5) is 12.5. The number of hydrogen-bond acceptors (Lipinski definition) is 6. The van der Waals surface area contributed by atoms with Crippen molar-refractivity contribution in [2.24, 2.45) is 0 Å². The first-order valence-corrected chi connectivity index (χ1v) is 10.3. The molecule has 6 nitrogen and oxygen atoms in total. The molecular formula is C25H21FN4O2. The molecule has 0 aliphatic carbocycles. The summed E-state index contributed by atoms with van der Waals surface area (Å²) < 4.78 is 26.3. The molecule has 5 rings (SSSR count). The summed E-state index contributed by atoms with van der Waals surface area (Å²) in [6.45, 7) is 3.38. The van der Waals surface area contributed by atoms with Crippen molar-refractivity contribution in [1.29, 1.82) is 0 Å². The van der Waals surface area contributed by atoms with Gasteiger partial charge in [0.1, 0.15) is 25.2 Å². The maximum atomic E-state index is 15.2. The van der Waals surface area contributed by atoms with E-state index < -0.39 is 5.82 Å². The van der Waals surface area contributed by atoms with Gasteiger partial charge in [0.2, 0.25) is 0 Å². The van der Waals surface area contributed by atoms with Gasteiger partial charge in [0.25, 0.3) is 0 Å². The van der Waals surface area contributed by atoms with Gasteiger partial charge in [0.05, 0.1) is 0 Å². The molecule has 0 spiro atoms. The van der Waals surface area contributed by atoms with Crippen LogP contribution in [0, 0.1) is 12.7 Å². The molecule has 160 valence electrons. The maximum absolute atomic E-state index is 15.2. The fourth-order valence-electron chi connectivity index (χ4n) is 3.61. The van der Waals surface area contributed by atoms with Gasteiger partial charge in [-0.2, -0.15) is 0 Å². The highest BCUT2D eigenvalue weighted by Gasteiger charge is 2.17. The van der Waals surface area contributed by atoms with Crippen molar-refractivity contribution in [1.82, 2.24) is 15.0 Å². The predicted octanol–water partition coefficient (Wildman–Crippen LogP) is 5.04. The number of benzene rings is 2. The largest absolute Gasteiger partial charge is 0.486 e. The lowest BCUT2D eigenvalue weighted by Gasteiger charge is -2.19. The fourth-order valence-corrected chi connectivity index (χ4v) is 3.61. The molecule has 0 atom stereocenters. The SMILES string of the molecule is Cc1cc(-c2ccc(CNc3ncnc(-c4ccc5c(c4)OCCO5)c3F)cc2)ccn1. The predicted molar refractivity (Wildman–Crippen MR) is 120 cm³/mol. The normalized spacial score (nSPS) is 12.4. The van der Waals surface area contributed by atoms with E-state index in [-0.39, 0.29) is 11.5 Å². The molecule has 7 heteroatoms. The second-order valence-corrected chi connectivity index (χ2v) is 7.48. The van der Waals surface area contributed by atoms with Gasteiger partial charge in [-0.15, -0.1) is 0 Å². The molecular weight excluding hydrogens is 407 g/mol. The number of rotatable bonds is 5. The number of anilines is 1. The molecule has 3 heterocycles. The second kappa shape index (κ2) is 8.63. The van der Waals surface area contributed by atoms with Crippen LogP contribution in [-0.2, 0) is 6.54 Å². The Labute approximate surface area is 185 Å². The van der Waals surface area contributed by atoms with Crippen LogP contribution in [0.4, 0.5) is 10.2 Å². The van der Waals surface area contributed by atoms with E-state index in [4.69, 9.17) is 9.47 Å². The molecule has 0 amide bonds. The Morgan fingerprint density at radius 2 is 1.62 bits per heavy atom. The Morgan fingerprint density at radius 3 is 2.44 bits per heavy atom. The average molecular weight is 428 g/mol. The summed E-state index contributed by atoms with van der Waals surface area (Å²) >= 11 is 0. The van der Waals surface area contributed by atoms with E-state index in [0.29, 0.717) is 36.8 Å². The van der Waals surface area contributed by atoms with Crippen molar-refractivity contribution in [3.05, 3.63) is 84.2 Å². The van der Waals surface area contributed by atoms with Crippen molar-refractivity contribution in [3.8, 4) is 33.9 Å². The summed E-state index contributed by atoms with van der Waals surface area (Å²) in [5, 5.41) is 3.08. The van der Waals surface area contributed by atoms with E-state index in [1.54, 1.807) is 24.4 Å². The van der Waals surface area contributed by atoms with E-state index >= 15 is 4.39 Å². The standard InChI is InChI=1S/C25H21FN4O2/c1-16-12-19(8-9-27-16)18-4-2-17(3-5-18)14-28-25-23(26)24(29-15-30-25)20-6-7-21-22(13-20)32-11-10-31-21/h2-9,12-13,15H,10-11,14H2,1H3,(H,28,29,30). The molecule has 2 aromatic heterocycles. The molecule has 0 bridgehead atoms. The van der Waals surface area contributed by atoms with Crippen molar-refractivity contribution in [2.45, 2.75) is 13.5 Å². The molecule has 4 aromatic rings. The van der Waals surface area contributed by atoms with Crippen LogP contribution in [0.5, 0.6) is 11.5 Å². The van der Waals surface area contributed by atoms with Crippen LogP contribution in [0.1, 0.15) is 11.3 Å². The molecule has 2 aromatic carbocycles. The third-order valence-electron chi connectivity index (χ3n) is 5.25. The van der Waals surface area contributed by atoms with Crippen LogP contribution in [0.15, 0.2) is 67.1 Å². The molecule has 1 aliphatic heterocycles. The van der Waals surface area contributed by atoms with Gasteiger partial charge in [-0.05, 0) is 53.9 Å². The smallest absolute Gasteiger partial charge is 0.191 e. The zero-order chi connectivity index (χ0) is 21.9. The Morgan fingerprint density at radius 1 is 0.844 bits per heavy atom. The van der Waals surface area contributed by atoms with E-state index in [0.717, 1.165) is 22.4 Å². The van der Waals surface area contributed by atoms with E-state index in [9.17, 15) is 0 Å². The fraction of sp³-hybridized carbons (Fsp3) is 0.160. The summed E-state index contributed by atoms with van der Waals surface area (Å²) in [6, 6.07) is 17.4. The Hall–Kier alpha value is -4.00. The Kier molecular flexibility index (Phi) is 5.37. The van der Waals surface area contributed by atoms with E-state index in [1.165, 1.54) is 6.33 Å². The zero-order valence-electron chi connectivity index (χ0n) is 17.5. The lowest BCUT2D eigenvalue weighted by molar-refractivity contribution is 0.171. The Bertz CT molecular complexity index is 1260. The van der Waals surface area contributed by atoms with Gasteiger partial charge < -0.3 is 14.8 Å². The van der Waals surface area contributed by atoms with Gasteiger partial charge in [-0.25, -0.2) is 14.4 Å². The van der Waals surface area contributed by atoms with Gasteiger partial charge in [0.15, 0.2) is 23.1 Å². The van der Waals surface area contributed by atoms with Crippen molar-refractivity contribution in [2.75, 3.05) is 18.5 Å². The van der Waals surface area contributed by atoms with Crippen LogP contribution in [-0.4, -0.2) is 28.2 Å². The number of aromatic nitrogens is 3. The summed E-state index contributed by atoms with van der Waals surface area (Å²) in [5.74, 6) is 0.885. The summed E-state index contributed by atoms with van der Waals surface area (Å²) in [5.41, 5.74) is 5.02. The molecule has 0 radical (unpaired) electrons. The highest BCUT2D eigenvalue weighted by molar-refractivity contribution is 5.67. The number of halogens is 1. The number of nitrogens with one attached hydrogen (secondary N) is 1. The minimum absolute atomic E-state index is 0.152. The third kappa shape index (κ3) is 4.09. The second-order valence-electron chi connectivity index (χ2n) is 7.48. The van der Waals surface area contributed by atoms with Gasteiger partial charge in [-0.1, -0.05) is 24.3 Å². The van der Waals surface area contributed by atoms with Crippen LogP contribution in [0.3, 0.4) is 0 Å². The van der Waals surface area contributed by atoms with Crippen molar-refractivity contribution < 1.29 is 13.9 Å². The molecule has 1 N–H and O–H groups in total. The topological polar surface area (TPSA) is 69.2 Å². The number of nitrogens with zero attached hydrogens (tertiary/aromatic N) is 3. The highest BCUT2D eigenvalue weighted by Crippen LogP contribution is 2.35. The quantitative estimate of drug-likeness (QED) is 0.481. The van der Waals surface area contributed by atoms with Crippen molar-refractivity contribution in [3.63, 3.8) is 0 Å². The van der Waals surface area contributed by atoms with Gasteiger partial charge in [-0.3, -0.25) is 4.98 Å². The monoisotopic (exact) mass is 428 g/mol. The van der Waals surface area contributed by atoms with E-state index in [1.807, 2.05) is 43.3 Å². The minimum Gasteiger partial charge on any atom is -0.486 e. The molecule has 0 saturated carbocycles.